The van der Waals surface area contributed by atoms with Crippen LogP contribution in [0.5, 0.6) is 11.9 Å². The van der Waals surface area contributed by atoms with Crippen LogP contribution in [-0.2, 0) is 11.4 Å². The largest absolute Gasteiger partial charge is 0.481 e. The van der Waals surface area contributed by atoms with Crippen LogP contribution in [0.4, 0.5) is 11.5 Å². The lowest BCUT2D eigenvalue weighted by molar-refractivity contribution is -0.138. The maximum atomic E-state index is 13.5. The maximum absolute atomic E-state index is 13.5. The average Bonchev–Trinajstić information content (AvgIpc) is 3.07. The van der Waals surface area contributed by atoms with Crippen LogP contribution in [0.3, 0.4) is 0 Å². The molecule has 2 aromatic carbocycles. The molecule has 2 aliphatic rings. The number of nitrogens with two attached hydrogens (primary N) is 1. The van der Waals surface area contributed by atoms with Crippen molar-refractivity contribution < 1.29 is 24.2 Å². The normalized spacial score (nSPS) is 19.5. The fourth-order valence-electron chi connectivity index (χ4n) is 5.12. The summed E-state index contributed by atoms with van der Waals surface area (Å²) in [5.74, 6) is -0.234. The first-order chi connectivity index (χ1) is 18.0. The van der Waals surface area contributed by atoms with Crippen molar-refractivity contribution in [3.05, 3.63) is 71.3 Å². The van der Waals surface area contributed by atoms with E-state index in [2.05, 4.69) is 22.1 Å². The van der Waals surface area contributed by atoms with E-state index < -0.39 is 5.97 Å². The fraction of sp³-hybridized carbons (Fsp3) is 0.357. The van der Waals surface area contributed by atoms with Crippen LogP contribution in [0, 0.1) is 5.92 Å². The number of fused-ring (bicyclic) bond motifs is 1. The monoisotopic (exact) mass is 502 g/mol. The molecule has 1 amide bonds. The van der Waals surface area contributed by atoms with Crippen LogP contribution in [-0.4, -0.2) is 40.1 Å². The minimum atomic E-state index is -0.720. The number of nitrogens with zero attached hydrogens (tertiary/aromatic N) is 3. The lowest BCUT2D eigenvalue weighted by atomic mass is 9.77. The van der Waals surface area contributed by atoms with E-state index in [9.17, 15) is 9.59 Å². The van der Waals surface area contributed by atoms with Gasteiger partial charge in [-0.3, -0.25) is 9.59 Å². The number of hydrogen-bond donors (Lipinski definition) is 2. The van der Waals surface area contributed by atoms with Gasteiger partial charge in [0, 0.05) is 12.1 Å². The Morgan fingerprint density at radius 2 is 1.78 bits per heavy atom. The molecule has 192 valence electrons. The van der Waals surface area contributed by atoms with Crippen LogP contribution in [0.2, 0.25) is 0 Å². The van der Waals surface area contributed by atoms with Gasteiger partial charge in [0.1, 0.15) is 24.6 Å². The number of carboxylic acid groups (broad SMARTS) is 1. The topological polar surface area (TPSA) is 128 Å². The van der Waals surface area contributed by atoms with Crippen molar-refractivity contribution in [2.24, 2.45) is 5.92 Å². The molecule has 0 spiro atoms. The van der Waals surface area contributed by atoms with Gasteiger partial charge in [0.25, 0.3) is 5.91 Å². The molecule has 0 bridgehead atoms. The van der Waals surface area contributed by atoms with Gasteiger partial charge < -0.3 is 25.2 Å². The minimum Gasteiger partial charge on any atom is -0.481 e. The summed E-state index contributed by atoms with van der Waals surface area (Å²) < 4.78 is 11.5. The second kappa shape index (κ2) is 10.9. The van der Waals surface area contributed by atoms with Crippen molar-refractivity contribution in [1.82, 2.24) is 9.97 Å². The second-order valence-corrected chi connectivity index (χ2v) is 9.56. The predicted molar refractivity (Wildman–Crippen MR) is 138 cm³/mol. The van der Waals surface area contributed by atoms with Crippen molar-refractivity contribution in [2.75, 3.05) is 23.8 Å². The van der Waals surface area contributed by atoms with Gasteiger partial charge in [-0.25, -0.2) is 0 Å². The molecule has 0 unspecified atom stereocenters. The van der Waals surface area contributed by atoms with E-state index in [0.29, 0.717) is 12.5 Å². The summed E-state index contributed by atoms with van der Waals surface area (Å²) in [6.45, 7) is 0.865. The molecule has 1 saturated carbocycles. The molecule has 5 rings (SSSR count). The van der Waals surface area contributed by atoms with Gasteiger partial charge in [0.15, 0.2) is 0 Å². The molecule has 9 nitrogen and oxygen atoms in total. The SMILES string of the molecule is Nc1nc(OCc2ccccc2)nc2c1C(=O)N(c1ccc(C3CCC(CC(=O)O)CC3)cc1)CCO2. The highest BCUT2D eigenvalue weighted by Crippen LogP contribution is 2.38. The first-order valence-corrected chi connectivity index (χ1v) is 12.6. The summed E-state index contributed by atoms with van der Waals surface area (Å²) in [6.07, 6.45) is 4.05. The van der Waals surface area contributed by atoms with Crippen molar-refractivity contribution in [1.29, 1.82) is 0 Å². The van der Waals surface area contributed by atoms with E-state index in [1.165, 1.54) is 5.56 Å². The third-order valence-corrected chi connectivity index (χ3v) is 7.09. The van der Waals surface area contributed by atoms with E-state index in [4.69, 9.17) is 20.3 Å². The highest BCUT2D eigenvalue weighted by atomic mass is 16.5. The van der Waals surface area contributed by atoms with E-state index >= 15 is 0 Å². The summed E-state index contributed by atoms with van der Waals surface area (Å²) in [5.41, 5.74) is 9.22. The molecular weight excluding hydrogens is 472 g/mol. The van der Waals surface area contributed by atoms with E-state index in [0.717, 1.165) is 36.9 Å². The van der Waals surface area contributed by atoms with Crippen LogP contribution in [0.15, 0.2) is 54.6 Å². The number of hydrogen-bond acceptors (Lipinski definition) is 7. The number of benzene rings is 2. The Bertz CT molecular complexity index is 1260. The van der Waals surface area contributed by atoms with Crippen LogP contribution in [0.1, 0.15) is 59.5 Å². The fourth-order valence-corrected chi connectivity index (χ4v) is 5.12. The van der Waals surface area contributed by atoms with Crippen LogP contribution < -0.4 is 20.1 Å². The molecule has 1 aliphatic heterocycles. The lowest BCUT2D eigenvalue weighted by Gasteiger charge is -2.28. The number of carbonyl (C=O) groups is 2. The van der Waals surface area contributed by atoms with Gasteiger partial charge in [-0.15, -0.1) is 0 Å². The lowest BCUT2D eigenvalue weighted by Crippen LogP contribution is -2.32. The number of aromatic nitrogens is 2. The van der Waals surface area contributed by atoms with Crippen molar-refractivity contribution >= 4 is 23.4 Å². The smallest absolute Gasteiger partial charge is 0.322 e. The zero-order valence-corrected chi connectivity index (χ0v) is 20.5. The third kappa shape index (κ3) is 5.66. The van der Waals surface area contributed by atoms with Crippen molar-refractivity contribution in [3.8, 4) is 11.9 Å². The predicted octanol–water partition coefficient (Wildman–Crippen LogP) is 4.43. The number of aliphatic carboxylic acids is 1. The van der Waals surface area contributed by atoms with Crippen molar-refractivity contribution in [3.63, 3.8) is 0 Å². The van der Waals surface area contributed by atoms with Gasteiger partial charge in [-0.05, 0) is 60.8 Å². The van der Waals surface area contributed by atoms with Gasteiger partial charge in [-0.1, -0.05) is 42.5 Å². The van der Waals surface area contributed by atoms with Gasteiger partial charge in [0.05, 0.1) is 6.54 Å². The van der Waals surface area contributed by atoms with E-state index in [1.807, 2.05) is 42.5 Å². The number of ether oxygens (including phenoxy) is 2. The number of amides is 1. The molecule has 1 aliphatic carbocycles. The van der Waals surface area contributed by atoms with Crippen LogP contribution in [0.25, 0.3) is 0 Å². The van der Waals surface area contributed by atoms with Crippen LogP contribution >= 0.6 is 0 Å². The first kappa shape index (κ1) is 24.5. The molecule has 3 N–H and O–H groups in total. The Morgan fingerprint density at radius 3 is 2.49 bits per heavy atom. The Labute approximate surface area is 215 Å². The number of nitrogen functional groups attached to an aromatic ring is 1. The van der Waals surface area contributed by atoms with E-state index in [-0.39, 0.29) is 54.7 Å². The van der Waals surface area contributed by atoms with Crippen molar-refractivity contribution in [2.45, 2.75) is 44.6 Å². The summed E-state index contributed by atoms with van der Waals surface area (Å²) in [4.78, 5) is 34.6. The summed E-state index contributed by atoms with van der Waals surface area (Å²) in [6, 6.07) is 17.7. The van der Waals surface area contributed by atoms with Gasteiger partial charge in [-0.2, -0.15) is 9.97 Å². The maximum Gasteiger partial charge on any atom is 0.322 e. The quantitative estimate of drug-likeness (QED) is 0.486. The number of rotatable bonds is 7. The number of anilines is 2. The summed E-state index contributed by atoms with van der Waals surface area (Å²) >= 11 is 0. The minimum absolute atomic E-state index is 0.0136. The second-order valence-electron chi connectivity index (χ2n) is 9.56. The zero-order chi connectivity index (χ0) is 25.8. The summed E-state index contributed by atoms with van der Waals surface area (Å²) in [7, 11) is 0. The Kier molecular flexibility index (Phi) is 7.20. The zero-order valence-electron chi connectivity index (χ0n) is 20.5. The average molecular weight is 503 g/mol. The Hall–Kier alpha value is -4.14. The standard InChI is InChI=1S/C28H30N4O5/c29-25-24-26(31-28(30-25)37-17-19-4-2-1-3-5-19)36-15-14-32(27(24)35)22-12-10-21(11-13-22)20-8-6-18(7-9-20)16-23(33)34/h1-5,10-13,18,20H,6-9,14-17H2,(H,33,34)(H2,29,30,31). The highest BCUT2D eigenvalue weighted by molar-refractivity contribution is 6.10. The molecule has 1 aromatic heterocycles. The highest BCUT2D eigenvalue weighted by Gasteiger charge is 2.30. The molecular formula is C28H30N4O5. The molecule has 9 heteroatoms. The molecule has 0 radical (unpaired) electrons. The molecule has 2 heterocycles. The van der Waals surface area contributed by atoms with Gasteiger partial charge >= 0.3 is 12.0 Å². The molecule has 37 heavy (non-hydrogen) atoms. The number of carbonyl (C=O) groups excluding carboxylic acids is 1. The number of carboxylic acids is 1. The molecule has 0 atom stereocenters. The Morgan fingerprint density at radius 1 is 1.05 bits per heavy atom. The van der Waals surface area contributed by atoms with Gasteiger partial charge in [0.2, 0.25) is 5.88 Å². The summed E-state index contributed by atoms with van der Waals surface area (Å²) in [5, 5.41) is 9.04. The molecule has 0 saturated heterocycles. The first-order valence-electron chi connectivity index (χ1n) is 12.6. The van der Waals surface area contributed by atoms with E-state index in [1.54, 1.807) is 4.90 Å². The Balaban J connectivity index is 1.28. The molecule has 1 fully saturated rings. The third-order valence-electron chi connectivity index (χ3n) is 7.09. The molecule has 3 aromatic rings.